The molecule has 1 heterocycles. The van der Waals surface area contributed by atoms with Crippen LogP contribution in [-0.4, -0.2) is 10.2 Å². The van der Waals surface area contributed by atoms with Crippen LogP contribution in [0.2, 0.25) is 0 Å². The van der Waals surface area contributed by atoms with Crippen molar-refractivity contribution in [1.29, 1.82) is 0 Å². The van der Waals surface area contributed by atoms with Crippen molar-refractivity contribution in [2.45, 2.75) is 26.2 Å². The van der Waals surface area contributed by atoms with Crippen LogP contribution in [0.3, 0.4) is 0 Å². The summed E-state index contributed by atoms with van der Waals surface area (Å²) in [7, 11) is 0. The monoisotopic (exact) mass is 187 g/mol. The summed E-state index contributed by atoms with van der Waals surface area (Å²) in [6.45, 7) is 5.84. The molecule has 0 aromatic carbocycles. The van der Waals surface area contributed by atoms with Crippen molar-refractivity contribution in [3.8, 4) is 0 Å². The summed E-state index contributed by atoms with van der Waals surface area (Å²) < 4.78 is 5.07. The fourth-order valence-corrected chi connectivity index (χ4v) is 0.795. The molecule has 0 amide bonds. The number of hydrogen-bond donors (Lipinski definition) is 0. The second kappa shape index (κ2) is 2.90. The predicted molar refractivity (Wildman–Crippen MR) is 45.4 cm³/mol. The van der Waals surface area contributed by atoms with Gasteiger partial charge >= 0.3 is 0 Å². The third-order valence-electron chi connectivity index (χ3n) is 1.35. The number of nitrogens with zero attached hydrogens (tertiary/aromatic N) is 1. The van der Waals surface area contributed by atoms with Crippen LogP contribution in [0.5, 0.6) is 0 Å². The third-order valence-corrected chi connectivity index (χ3v) is 1.54. The molecule has 4 heteroatoms. The van der Waals surface area contributed by atoms with Gasteiger partial charge < -0.3 is 4.42 Å². The molecule has 66 valence electrons. The molecule has 1 aromatic heterocycles. The number of hydrogen-bond acceptors (Lipinski definition) is 3. The van der Waals surface area contributed by atoms with Crippen LogP contribution >= 0.6 is 11.6 Å². The maximum Gasteiger partial charge on any atom is 0.274 e. The fraction of sp³-hybridized carbons (Fsp3) is 0.500. The second-order valence-corrected chi connectivity index (χ2v) is 3.90. The summed E-state index contributed by atoms with van der Waals surface area (Å²) in [5.41, 5.74) is -0.0218. The summed E-state index contributed by atoms with van der Waals surface area (Å²) in [6.07, 6.45) is 1.27. The summed E-state index contributed by atoms with van der Waals surface area (Å²) in [6, 6.07) is 0. The van der Waals surface area contributed by atoms with E-state index in [0.29, 0.717) is 5.89 Å². The Kier molecular flexibility index (Phi) is 2.24. The lowest BCUT2D eigenvalue weighted by molar-refractivity contribution is 0.107. The largest absolute Gasteiger partial charge is 0.448 e. The number of rotatable bonds is 1. The van der Waals surface area contributed by atoms with Crippen molar-refractivity contribution in [1.82, 2.24) is 4.98 Å². The first kappa shape index (κ1) is 9.26. The molecule has 0 spiro atoms. The Bertz CT molecular complexity index is 298. The van der Waals surface area contributed by atoms with Gasteiger partial charge in [0.2, 0.25) is 0 Å². The second-order valence-electron chi connectivity index (χ2n) is 3.56. The zero-order valence-electron chi connectivity index (χ0n) is 7.22. The van der Waals surface area contributed by atoms with Crippen LogP contribution in [0.25, 0.3) is 0 Å². The maximum atomic E-state index is 10.6. The molecule has 0 bridgehead atoms. The molecule has 0 atom stereocenters. The van der Waals surface area contributed by atoms with E-state index in [9.17, 15) is 4.79 Å². The van der Waals surface area contributed by atoms with Crippen LogP contribution in [0.15, 0.2) is 10.7 Å². The molecule has 12 heavy (non-hydrogen) atoms. The molecule has 0 saturated heterocycles. The number of carbonyl (C=O) groups excluding carboxylic acids is 1. The van der Waals surface area contributed by atoms with Crippen molar-refractivity contribution < 1.29 is 9.21 Å². The van der Waals surface area contributed by atoms with E-state index in [1.165, 1.54) is 6.26 Å². The van der Waals surface area contributed by atoms with E-state index >= 15 is 0 Å². The quantitative estimate of drug-likeness (QED) is 0.634. The Labute approximate surface area is 75.7 Å². The summed E-state index contributed by atoms with van der Waals surface area (Å²) in [5.74, 6) is 0.520. The number of carbonyl (C=O) groups is 1. The van der Waals surface area contributed by atoms with E-state index in [-0.39, 0.29) is 11.1 Å². The molecular formula is C8H10ClNO2. The van der Waals surface area contributed by atoms with Gasteiger partial charge in [0.1, 0.15) is 6.26 Å². The van der Waals surface area contributed by atoms with E-state index in [4.69, 9.17) is 16.0 Å². The average Bonchev–Trinajstić information content (AvgIpc) is 2.30. The van der Waals surface area contributed by atoms with Crippen molar-refractivity contribution in [3.05, 3.63) is 17.8 Å². The first-order chi connectivity index (χ1) is 5.41. The zero-order valence-corrected chi connectivity index (χ0v) is 7.97. The molecule has 1 aromatic rings. The van der Waals surface area contributed by atoms with Crippen molar-refractivity contribution in [3.63, 3.8) is 0 Å². The maximum absolute atomic E-state index is 10.6. The molecule has 0 saturated carbocycles. The van der Waals surface area contributed by atoms with Gasteiger partial charge in [-0.1, -0.05) is 20.8 Å². The first-order valence-electron chi connectivity index (χ1n) is 3.57. The Morgan fingerprint density at radius 1 is 1.58 bits per heavy atom. The fourth-order valence-electron chi connectivity index (χ4n) is 0.708. The normalized spacial score (nSPS) is 11.7. The SMILES string of the molecule is CC(C)(C)c1nc(C(=O)Cl)co1. The van der Waals surface area contributed by atoms with Gasteiger partial charge in [-0.2, -0.15) is 0 Å². The smallest absolute Gasteiger partial charge is 0.274 e. The van der Waals surface area contributed by atoms with Crippen molar-refractivity contribution in [2.24, 2.45) is 0 Å². The summed E-state index contributed by atoms with van der Waals surface area (Å²) >= 11 is 5.21. The molecule has 0 aliphatic heterocycles. The summed E-state index contributed by atoms with van der Waals surface area (Å²) in [5, 5.41) is -0.589. The van der Waals surface area contributed by atoms with Gasteiger partial charge in [0, 0.05) is 5.41 Å². The van der Waals surface area contributed by atoms with Crippen molar-refractivity contribution >= 4 is 16.8 Å². The minimum atomic E-state index is -0.589. The van der Waals surface area contributed by atoms with Gasteiger partial charge in [-0.15, -0.1) is 0 Å². The molecule has 0 fully saturated rings. The molecule has 0 aliphatic rings. The predicted octanol–water partition coefficient (Wildman–Crippen LogP) is 2.35. The number of oxazole rings is 1. The van der Waals surface area contributed by atoms with Crippen LogP contribution in [0, 0.1) is 0 Å². The Morgan fingerprint density at radius 3 is 2.42 bits per heavy atom. The first-order valence-corrected chi connectivity index (χ1v) is 3.95. The van der Waals surface area contributed by atoms with E-state index < -0.39 is 5.24 Å². The molecular weight excluding hydrogens is 178 g/mol. The van der Waals surface area contributed by atoms with Crippen molar-refractivity contribution in [2.75, 3.05) is 0 Å². The van der Waals surface area contributed by atoms with Gasteiger partial charge in [0.05, 0.1) is 0 Å². The van der Waals surface area contributed by atoms with Crippen LogP contribution in [-0.2, 0) is 5.41 Å². The number of halogens is 1. The third kappa shape index (κ3) is 1.85. The molecule has 1 rings (SSSR count). The van der Waals surface area contributed by atoms with Crippen LogP contribution in [0.1, 0.15) is 37.2 Å². The Balaban J connectivity index is 3.00. The van der Waals surface area contributed by atoms with Gasteiger partial charge in [-0.3, -0.25) is 4.79 Å². The highest BCUT2D eigenvalue weighted by molar-refractivity contribution is 6.67. The Hall–Kier alpha value is -0.830. The minimum Gasteiger partial charge on any atom is -0.448 e. The zero-order chi connectivity index (χ0) is 9.35. The molecule has 0 N–H and O–H groups in total. The average molecular weight is 188 g/mol. The van der Waals surface area contributed by atoms with E-state index in [1.807, 2.05) is 20.8 Å². The standard InChI is InChI=1S/C8H10ClNO2/c1-8(2,3)7-10-5(4-12-7)6(9)11/h4H,1-3H3. The van der Waals surface area contributed by atoms with Crippen LogP contribution < -0.4 is 0 Å². The highest BCUT2D eigenvalue weighted by Crippen LogP contribution is 2.21. The molecule has 0 radical (unpaired) electrons. The van der Waals surface area contributed by atoms with Gasteiger partial charge in [-0.05, 0) is 11.6 Å². The number of aromatic nitrogens is 1. The minimum absolute atomic E-state index is 0.168. The lowest BCUT2D eigenvalue weighted by atomic mass is 9.97. The summed E-state index contributed by atoms with van der Waals surface area (Å²) in [4.78, 5) is 14.6. The topological polar surface area (TPSA) is 43.1 Å². The Morgan fingerprint density at radius 2 is 2.17 bits per heavy atom. The van der Waals surface area contributed by atoms with E-state index in [1.54, 1.807) is 0 Å². The van der Waals surface area contributed by atoms with E-state index in [2.05, 4.69) is 4.98 Å². The lowest BCUT2D eigenvalue weighted by Crippen LogP contribution is -2.11. The van der Waals surface area contributed by atoms with Gasteiger partial charge in [0.25, 0.3) is 5.24 Å². The highest BCUT2D eigenvalue weighted by atomic mass is 35.5. The van der Waals surface area contributed by atoms with Gasteiger partial charge in [-0.25, -0.2) is 4.98 Å². The van der Waals surface area contributed by atoms with E-state index in [0.717, 1.165) is 0 Å². The van der Waals surface area contributed by atoms with Crippen LogP contribution in [0.4, 0.5) is 0 Å². The lowest BCUT2D eigenvalue weighted by Gasteiger charge is -2.11. The van der Waals surface area contributed by atoms with Gasteiger partial charge in [0.15, 0.2) is 11.6 Å². The molecule has 3 nitrogen and oxygen atoms in total. The molecule has 0 unspecified atom stereocenters. The molecule has 0 aliphatic carbocycles. The highest BCUT2D eigenvalue weighted by Gasteiger charge is 2.21.